The summed E-state index contributed by atoms with van der Waals surface area (Å²) in [5.41, 5.74) is 4.86. The summed E-state index contributed by atoms with van der Waals surface area (Å²) in [6.45, 7) is 2.12. The van der Waals surface area contributed by atoms with Crippen molar-refractivity contribution in [1.29, 1.82) is 0 Å². The fourth-order valence-corrected chi connectivity index (χ4v) is 2.87. The van der Waals surface area contributed by atoms with Gasteiger partial charge in [0.2, 0.25) is 5.91 Å². The molecule has 0 bridgehead atoms. The summed E-state index contributed by atoms with van der Waals surface area (Å²) < 4.78 is 0. The van der Waals surface area contributed by atoms with Gasteiger partial charge < -0.3 is 16.2 Å². The molecule has 19 heavy (non-hydrogen) atoms. The molecule has 2 fully saturated rings. The van der Waals surface area contributed by atoms with Crippen LogP contribution in [0.1, 0.15) is 51.9 Å². The summed E-state index contributed by atoms with van der Waals surface area (Å²) in [6.07, 6.45) is 5.17. The number of hydrogen-bond acceptors (Lipinski definition) is 3. The predicted molar refractivity (Wildman–Crippen MR) is 71.5 cm³/mol. The van der Waals surface area contributed by atoms with Gasteiger partial charge in [0.1, 0.15) is 5.54 Å². The lowest BCUT2D eigenvalue weighted by molar-refractivity contribution is -0.149. The second-order valence-electron chi connectivity index (χ2n) is 6.32. The number of hydrogen-bond donors (Lipinski definition) is 3. The van der Waals surface area contributed by atoms with Crippen LogP contribution in [0, 0.1) is 11.8 Å². The maximum atomic E-state index is 12.0. The molecule has 108 valence electrons. The highest BCUT2D eigenvalue weighted by molar-refractivity contribution is 5.87. The van der Waals surface area contributed by atoms with Crippen LogP contribution in [0.15, 0.2) is 0 Å². The van der Waals surface area contributed by atoms with Gasteiger partial charge in [-0.2, -0.15) is 0 Å². The van der Waals surface area contributed by atoms with E-state index in [1.54, 1.807) is 0 Å². The van der Waals surface area contributed by atoms with Gasteiger partial charge in [-0.15, -0.1) is 0 Å². The molecule has 1 unspecified atom stereocenters. The van der Waals surface area contributed by atoms with Crippen LogP contribution in [0.2, 0.25) is 0 Å². The van der Waals surface area contributed by atoms with Gasteiger partial charge in [-0.25, -0.2) is 4.79 Å². The lowest BCUT2D eigenvalue weighted by Crippen LogP contribution is -2.57. The van der Waals surface area contributed by atoms with Gasteiger partial charge in [0.15, 0.2) is 0 Å². The predicted octanol–water partition coefficient (Wildman–Crippen LogP) is 1.26. The van der Waals surface area contributed by atoms with Crippen LogP contribution in [0.25, 0.3) is 0 Å². The second kappa shape index (κ2) is 5.49. The Morgan fingerprint density at radius 1 is 1.32 bits per heavy atom. The zero-order valence-electron chi connectivity index (χ0n) is 11.5. The van der Waals surface area contributed by atoms with E-state index in [0.29, 0.717) is 24.7 Å². The minimum atomic E-state index is -1.06. The molecule has 5 nitrogen and oxygen atoms in total. The first-order chi connectivity index (χ1) is 8.93. The van der Waals surface area contributed by atoms with E-state index in [0.717, 1.165) is 25.7 Å². The molecule has 5 heteroatoms. The number of carboxylic acids is 1. The Bertz CT molecular complexity index is 358. The van der Waals surface area contributed by atoms with Gasteiger partial charge in [0.05, 0.1) is 0 Å². The first kappa shape index (κ1) is 14.3. The molecule has 0 aliphatic heterocycles. The van der Waals surface area contributed by atoms with E-state index in [-0.39, 0.29) is 18.4 Å². The molecule has 0 aromatic heterocycles. The first-order valence-corrected chi connectivity index (χ1v) is 7.23. The smallest absolute Gasteiger partial charge is 0.329 e. The zero-order valence-corrected chi connectivity index (χ0v) is 11.5. The Labute approximate surface area is 113 Å². The van der Waals surface area contributed by atoms with Gasteiger partial charge in [0.25, 0.3) is 0 Å². The molecular formula is C14H24N2O3. The molecule has 0 aromatic rings. The topological polar surface area (TPSA) is 92.4 Å². The van der Waals surface area contributed by atoms with Crippen molar-refractivity contribution >= 4 is 11.9 Å². The van der Waals surface area contributed by atoms with Crippen LogP contribution in [0.3, 0.4) is 0 Å². The van der Waals surface area contributed by atoms with Crippen molar-refractivity contribution in [2.45, 2.75) is 63.5 Å². The first-order valence-electron chi connectivity index (χ1n) is 7.23. The molecule has 0 saturated heterocycles. The molecule has 1 amide bonds. The molecular weight excluding hydrogens is 244 g/mol. The molecule has 4 N–H and O–H groups in total. The van der Waals surface area contributed by atoms with Crippen LogP contribution in [-0.4, -0.2) is 28.6 Å². The normalized spacial score (nSPS) is 32.6. The van der Waals surface area contributed by atoms with Crippen molar-refractivity contribution in [2.75, 3.05) is 0 Å². The van der Waals surface area contributed by atoms with E-state index in [2.05, 4.69) is 12.2 Å². The summed E-state index contributed by atoms with van der Waals surface area (Å²) >= 11 is 0. The standard InChI is InChI=1S/C14H24N2O3/c1-9-4-6-14(7-5-9,13(18)19)16-12(17)8-11(15)10-2-3-10/h9-11H,2-8,15H2,1H3,(H,16,17)(H,18,19). The molecule has 2 aliphatic carbocycles. The molecule has 0 aromatic carbocycles. The van der Waals surface area contributed by atoms with Crippen LogP contribution in [-0.2, 0) is 9.59 Å². The number of carbonyl (C=O) groups is 2. The molecule has 2 rings (SSSR count). The van der Waals surface area contributed by atoms with Crippen LogP contribution < -0.4 is 11.1 Å². The van der Waals surface area contributed by atoms with E-state index >= 15 is 0 Å². The van der Waals surface area contributed by atoms with Crippen molar-refractivity contribution in [1.82, 2.24) is 5.32 Å². The maximum Gasteiger partial charge on any atom is 0.329 e. The third kappa shape index (κ3) is 3.47. The van der Waals surface area contributed by atoms with E-state index in [1.165, 1.54) is 0 Å². The lowest BCUT2D eigenvalue weighted by atomic mass is 9.77. The van der Waals surface area contributed by atoms with E-state index in [1.807, 2.05) is 0 Å². The van der Waals surface area contributed by atoms with Crippen molar-refractivity contribution < 1.29 is 14.7 Å². The SMILES string of the molecule is CC1CCC(NC(=O)CC(N)C2CC2)(C(=O)O)CC1. The van der Waals surface area contributed by atoms with Crippen molar-refractivity contribution in [2.24, 2.45) is 17.6 Å². The fraction of sp³-hybridized carbons (Fsp3) is 0.857. The molecule has 0 radical (unpaired) electrons. The molecule has 1 atom stereocenters. The van der Waals surface area contributed by atoms with Crippen molar-refractivity contribution in [3.05, 3.63) is 0 Å². The van der Waals surface area contributed by atoms with Gasteiger partial charge in [0, 0.05) is 12.5 Å². The number of rotatable bonds is 5. The van der Waals surface area contributed by atoms with Crippen molar-refractivity contribution in [3.63, 3.8) is 0 Å². The third-order valence-electron chi connectivity index (χ3n) is 4.56. The largest absolute Gasteiger partial charge is 0.480 e. The average Bonchev–Trinajstić information content (AvgIpc) is 3.16. The minimum Gasteiger partial charge on any atom is -0.480 e. The van der Waals surface area contributed by atoms with E-state index in [9.17, 15) is 14.7 Å². The number of nitrogens with one attached hydrogen (secondary N) is 1. The van der Waals surface area contributed by atoms with Crippen LogP contribution in [0.5, 0.6) is 0 Å². The summed E-state index contributed by atoms with van der Waals surface area (Å²) in [5, 5.41) is 12.2. The number of carbonyl (C=O) groups excluding carboxylic acids is 1. The van der Waals surface area contributed by atoms with Gasteiger partial charge in [-0.1, -0.05) is 6.92 Å². The zero-order chi connectivity index (χ0) is 14.0. The van der Waals surface area contributed by atoms with Gasteiger partial charge in [-0.05, 0) is 50.4 Å². The van der Waals surface area contributed by atoms with Crippen molar-refractivity contribution in [3.8, 4) is 0 Å². The van der Waals surface area contributed by atoms with Gasteiger partial charge in [-0.3, -0.25) is 4.79 Å². The molecule has 0 spiro atoms. The lowest BCUT2D eigenvalue weighted by Gasteiger charge is -2.36. The minimum absolute atomic E-state index is 0.117. The Hall–Kier alpha value is -1.10. The third-order valence-corrected chi connectivity index (χ3v) is 4.56. The second-order valence-corrected chi connectivity index (χ2v) is 6.32. The number of amides is 1. The molecule has 2 aliphatic rings. The highest BCUT2D eigenvalue weighted by atomic mass is 16.4. The monoisotopic (exact) mass is 268 g/mol. The number of aliphatic carboxylic acids is 1. The highest BCUT2D eigenvalue weighted by Gasteiger charge is 2.43. The summed E-state index contributed by atoms with van der Waals surface area (Å²) in [7, 11) is 0. The number of nitrogens with two attached hydrogens (primary N) is 1. The fourth-order valence-electron chi connectivity index (χ4n) is 2.87. The summed E-state index contributed by atoms with van der Waals surface area (Å²) in [4.78, 5) is 23.5. The van der Waals surface area contributed by atoms with Crippen LogP contribution in [0.4, 0.5) is 0 Å². The molecule has 2 saturated carbocycles. The Kier molecular flexibility index (Phi) is 4.13. The highest BCUT2D eigenvalue weighted by Crippen LogP contribution is 2.34. The Morgan fingerprint density at radius 2 is 1.89 bits per heavy atom. The van der Waals surface area contributed by atoms with E-state index < -0.39 is 11.5 Å². The molecule has 0 heterocycles. The van der Waals surface area contributed by atoms with Crippen LogP contribution >= 0.6 is 0 Å². The summed E-state index contributed by atoms with van der Waals surface area (Å²) in [5.74, 6) is -0.125. The van der Waals surface area contributed by atoms with Gasteiger partial charge >= 0.3 is 5.97 Å². The van der Waals surface area contributed by atoms with E-state index in [4.69, 9.17) is 5.73 Å². The quantitative estimate of drug-likeness (QED) is 0.700. The Balaban J connectivity index is 1.92. The maximum absolute atomic E-state index is 12.0. The summed E-state index contributed by atoms with van der Waals surface area (Å²) in [6, 6.07) is -0.117. The Morgan fingerprint density at radius 3 is 2.37 bits per heavy atom. The average molecular weight is 268 g/mol. The number of carboxylic acid groups (broad SMARTS) is 1.